The third-order valence-corrected chi connectivity index (χ3v) is 3.07. The van der Waals surface area contributed by atoms with Gasteiger partial charge in [0.2, 0.25) is 0 Å². The fourth-order valence-corrected chi connectivity index (χ4v) is 2.27. The molecule has 1 aromatic heterocycles. The summed E-state index contributed by atoms with van der Waals surface area (Å²) in [6.45, 7) is 0. The molecule has 1 nitrogen and oxygen atoms in total. The molecule has 0 unspecified atom stereocenters. The summed E-state index contributed by atoms with van der Waals surface area (Å²) in [7, 11) is 0. The van der Waals surface area contributed by atoms with Gasteiger partial charge >= 0.3 is 0 Å². The fraction of sp³-hybridized carbons (Fsp3) is 0.100. The van der Waals surface area contributed by atoms with Gasteiger partial charge in [0.15, 0.2) is 0 Å². The first-order valence-electron chi connectivity index (χ1n) is 3.97. The van der Waals surface area contributed by atoms with E-state index in [1.165, 1.54) is 11.3 Å². The molecular weight excluding hydrogens is 237 g/mol. The van der Waals surface area contributed by atoms with E-state index in [1.807, 2.05) is 29.6 Å². The van der Waals surface area contributed by atoms with Gasteiger partial charge in [0.05, 0.1) is 5.69 Å². The van der Waals surface area contributed by atoms with Crippen molar-refractivity contribution in [2.75, 3.05) is 0 Å². The second kappa shape index (κ2) is 4.30. The Morgan fingerprint density at radius 3 is 2.57 bits per heavy atom. The van der Waals surface area contributed by atoms with E-state index in [0.29, 0.717) is 5.69 Å². The molecule has 0 aliphatic rings. The summed E-state index contributed by atoms with van der Waals surface area (Å²) in [4.78, 5) is 3.77. The highest BCUT2D eigenvalue weighted by molar-refractivity contribution is 7.13. The number of hydrogen-bond acceptors (Lipinski definition) is 2. The maximum absolute atomic E-state index is 5.71. The summed E-state index contributed by atoms with van der Waals surface area (Å²) in [6, 6.07) is 10.6. The standard InChI is InChI=1S/C10H6Cl2NS/c11-9(12)8-6-14-10(13-8)7-4-2-1-3-5-7/h2-6,9H. The van der Waals surface area contributed by atoms with Crippen molar-refractivity contribution in [2.45, 2.75) is 4.84 Å². The van der Waals surface area contributed by atoms with Crippen LogP contribution in [0.25, 0.3) is 10.6 Å². The zero-order valence-electron chi connectivity index (χ0n) is 7.08. The number of nitrogens with zero attached hydrogens (tertiary/aromatic N) is 1. The van der Waals surface area contributed by atoms with Crippen LogP contribution in [0.5, 0.6) is 0 Å². The summed E-state index contributed by atoms with van der Waals surface area (Å²) >= 11 is 13.0. The molecule has 0 saturated carbocycles. The van der Waals surface area contributed by atoms with Crippen LogP contribution in [-0.2, 0) is 0 Å². The Morgan fingerprint density at radius 2 is 2.00 bits per heavy atom. The van der Waals surface area contributed by atoms with Crippen molar-refractivity contribution >= 4 is 34.5 Å². The molecule has 2 aromatic rings. The molecule has 0 fully saturated rings. The number of benzene rings is 1. The van der Waals surface area contributed by atoms with Crippen LogP contribution in [0, 0.1) is 6.07 Å². The molecule has 0 atom stereocenters. The molecule has 1 heterocycles. The van der Waals surface area contributed by atoms with Crippen molar-refractivity contribution in [1.29, 1.82) is 0 Å². The van der Waals surface area contributed by atoms with E-state index >= 15 is 0 Å². The Morgan fingerprint density at radius 1 is 1.29 bits per heavy atom. The summed E-state index contributed by atoms with van der Waals surface area (Å²) < 4.78 is 0. The molecule has 0 bridgehead atoms. The van der Waals surface area contributed by atoms with E-state index in [0.717, 1.165) is 10.6 Å². The molecule has 0 amide bonds. The van der Waals surface area contributed by atoms with Crippen molar-refractivity contribution in [3.63, 3.8) is 0 Å². The lowest BCUT2D eigenvalue weighted by Gasteiger charge is -1.94. The molecular formula is C10H6Cl2NS. The van der Waals surface area contributed by atoms with Gasteiger partial charge in [-0.15, -0.1) is 11.3 Å². The highest BCUT2D eigenvalue weighted by Gasteiger charge is 2.09. The van der Waals surface area contributed by atoms with E-state index in [2.05, 4.69) is 11.1 Å². The molecule has 1 aromatic carbocycles. The number of aromatic nitrogens is 1. The molecule has 0 spiro atoms. The van der Waals surface area contributed by atoms with Crippen molar-refractivity contribution < 1.29 is 0 Å². The van der Waals surface area contributed by atoms with Crippen LogP contribution in [0.2, 0.25) is 0 Å². The average molecular weight is 243 g/mol. The monoisotopic (exact) mass is 242 g/mol. The van der Waals surface area contributed by atoms with Crippen LogP contribution in [0.4, 0.5) is 0 Å². The van der Waals surface area contributed by atoms with Gasteiger partial charge in [-0.05, 0) is 6.07 Å². The largest absolute Gasteiger partial charge is 0.238 e. The molecule has 0 saturated heterocycles. The Bertz CT molecular complexity index is 411. The first kappa shape index (κ1) is 9.97. The summed E-state index contributed by atoms with van der Waals surface area (Å²) in [6.07, 6.45) is 0. The van der Waals surface area contributed by atoms with E-state index in [-0.39, 0.29) is 0 Å². The SMILES string of the molecule is ClC(Cl)c1csc(-c2cc[c]cc2)n1. The summed E-state index contributed by atoms with van der Waals surface area (Å²) in [5.74, 6) is 0. The molecule has 71 valence electrons. The summed E-state index contributed by atoms with van der Waals surface area (Å²) in [5, 5.41) is 2.80. The Labute approximate surface area is 96.3 Å². The molecule has 1 radical (unpaired) electrons. The Hall–Kier alpha value is -0.570. The van der Waals surface area contributed by atoms with Crippen LogP contribution in [-0.4, -0.2) is 4.98 Å². The minimum absolute atomic E-state index is 0.546. The molecule has 0 N–H and O–H groups in total. The van der Waals surface area contributed by atoms with Gasteiger partial charge in [-0.1, -0.05) is 47.5 Å². The molecule has 4 heteroatoms. The molecule has 14 heavy (non-hydrogen) atoms. The maximum Gasteiger partial charge on any atom is 0.150 e. The van der Waals surface area contributed by atoms with Gasteiger partial charge in [-0.3, -0.25) is 0 Å². The van der Waals surface area contributed by atoms with Crippen LogP contribution in [0.15, 0.2) is 29.6 Å². The van der Waals surface area contributed by atoms with Crippen LogP contribution >= 0.6 is 34.5 Å². The Balaban J connectivity index is 2.34. The predicted molar refractivity (Wildman–Crippen MR) is 60.8 cm³/mol. The number of rotatable bonds is 2. The van der Waals surface area contributed by atoms with Gasteiger partial charge in [0.1, 0.15) is 9.84 Å². The fourth-order valence-electron chi connectivity index (χ4n) is 1.05. The van der Waals surface area contributed by atoms with Crippen molar-refractivity contribution in [3.8, 4) is 10.6 Å². The third-order valence-electron chi connectivity index (χ3n) is 1.71. The van der Waals surface area contributed by atoms with E-state index < -0.39 is 4.84 Å². The number of alkyl halides is 2. The normalized spacial score (nSPS) is 10.8. The first-order valence-corrected chi connectivity index (χ1v) is 5.72. The van der Waals surface area contributed by atoms with Crippen molar-refractivity contribution in [2.24, 2.45) is 0 Å². The number of halogens is 2. The zero-order valence-corrected chi connectivity index (χ0v) is 9.40. The van der Waals surface area contributed by atoms with Crippen LogP contribution in [0.3, 0.4) is 0 Å². The Kier molecular flexibility index (Phi) is 3.06. The number of thiazole rings is 1. The predicted octanol–water partition coefficient (Wildman–Crippen LogP) is 4.09. The van der Waals surface area contributed by atoms with E-state index in [4.69, 9.17) is 23.2 Å². The highest BCUT2D eigenvalue weighted by Crippen LogP contribution is 2.30. The van der Waals surface area contributed by atoms with Gasteiger partial charge in [0, 0.05) is 10.9 Å². The van der Waals surface area contributed by atoms with E-state index in [9.17, 15) is 0 Å². The minimum Gasteiger partial charge on any atom is -0.238 e. The van der Waals surface area contributed by atoms with Gasteiger partial charge in [-0.25, -0.2) is 4.98 Å². The van der Waals surface area contributed by atoms with Crippen LogP contribution < -0.4 is 0 Å². The van der Waals surface area contributed by atoms with Crippen molar-refractivity contribution in [1.82, 2.24) is 4.98 Å². The van der Waals surface area contributed by atoms with Gasteiger partial charge in [-0.2, -0.15) is 0 Å². The lowest BCUT2D eigenvalue weighted by Crippen LogP contribution is -1.81. The zero-order chi connectivity index (χ0) is 9.97. The highest BCUT2D eigenvalue weighted by atomic mass is 35.5. The lowest BCUT2D eigenvalue weighted by atomic mass is 10.2. The second-order valence-corrected chi connectivity index (χ2v) is 4.62. The van der Waals surface area contributed by atoms with Gasteiger partial charge < -0.3 is 0 Å². The summed E-state index contributed by atoms with van der Waals surface area (Å²) in [5.41, 5.74) is 1.77. The minimum atomic E-state index is -0.546. The number of hydrogen-bond donors (Lipinski definition) is 0. The molecule has 0 aliphatic carbocycles. The van der Waals surface area contributed by atoms with Crippen molar-refractivity contribution in [3.05, 3.63) is 41.4 Å². The van der Waals surface area contributed by atoms with Crippen LogP contribution in [0.1, 0.15) is 10.5 Å². The third kappa shape index (κ3) is 2.08. The quantitative estimate of drug-likeness (QED) is 0.724. The maximum atomic E-state index is 5.71. The van der Waals surface area contributed by atoms with Gasteiger partial charge in [0.25, 0.3) is 0 Å². The first-order chi connectivity index (χ1) is 6.77. The van der Waals surface area contributed by atoms with E-state index in [1.54, 1.807) is 0 Å². The second-order valence-electron chi connectivity index (χ2n) is 2.67. The topological polar surface area (TPSA) is 12.9 Å². The molecule has 0 aliphatic heterocycles. The lowest BCUT2D eigenvalue weighted by molar-refractivity contribution is 1.20. The smallest absolute Gasteiger partial charge is 0.150 e. The molecule has 2 rings (SSSR count). The average Bonchev–Trinajstić information content (AvgIpc) is 2.68.